The van der Waals surface area contributed by atoms with Crippen LogP contribution in [0.4, 0.5) is 4.39 Å². The van der Waals surface area contributed by atoms with Crippen molar-refractivity contribution in [2.45, 2.75) is 44.0 Å². The Balaban J connectivity index is 0.00000529. The number of hydrogen-bond acceptors (Lipinski definition) is 4. The molecular weight excluding hydrogens is 355 g/mol. The minimum atomic E-state index is -3.64. The molecule has 0 aliphatic carbocycles. The van der Waals surface area contributed by atoms with E-state index in [0.29, 0.717) is 19.4 Å². The van der Waals surface area contributed by atoms with Crippen molar-refractivity contribution in [1.82, 2.24) is 5.32 Å². The lowest BCUT2D eigenvalue weighted by atomic mass is 9.94. The fourth-order valence-electron chi connectivity index (χ4n) is 2.08. The Labute approximate surface area is 149 Å². The van der Waals surface area contributed by atoms with Crippen LogP contribution in [0.15, 0.2) is 29.2 Å². The summed E-state index contributed by atoms with van der Waals surface area (Å²) < 4.78 is 37.4. The van der Waals surface area contributed by atoms with Gasteiger partial charge in [0.05, 0.1) is 10.6 Å². The number of nitrogens with two attached hydrogens (primary N) is 1. The highest BCUT2D eigenvalue weighted by atomic mass is 35.5. The van der Waals surface area contributed by atoms with Gasteiger partial charge < -0.3 is 11.1 Å². The summed E-state index contributed by atoms with van der Waals surface area (Å²) in [5, 5.41) is 2.72. The average Bonchev–Trinajstić information content (AvgIpc) is 2.52. The zero-order valence-electron chi connectivity index (χ0n) is 14.2. The van der Waals surface area contributed by atoms with Crippen LogP contribution in [0.5, 0.6) is 0 Å². The second-order valence-corrected chi connectivity index (χ2v) is 7.96. The van der Waals surface area contributed by atoms with Crippen molar-refractivity contribution in [3.05, 3.63) is 30.1 Å². The maximum Gasteiger partial charge on any atom is 0.223 e. The van der Waals surface area contributed by atoms with Gasteiger partial charge in [-0.3, -0.25) is 4.79 Å². The van der Waals surface area contributed by atoms with Gasteiger partial charge in [0.15, 0.2) is 9.84 Å². The maximum atomic E-state index is 12.9. The summed E-state index contributed by atoms with van der Waals surface area (Å²) in [5.41, 5.74) is 5.63. The summed E-state index contributed by atoms with van der Waals surface area (Å²) in [5.74, 6) is -1.91. The molecule has 0 saturated carbocycles. The Kier molecular flexibility index (Phi) is 8.88. The zero-order chi connectivity index (χ0) is 17.7. The molecule has 0 aliphatic heterocycles. The Bertz CT molecular complexity index is 631. The van der Waals surface area contributed by atoms with Crippen LogP contribution in [0.2, 0.25) is 0 Å². The second kappa shape index (κ2) is 9.34. The van der Waals surface area contributed by atoms with Gasteiger partial charge in [0.2, 0.25) is 5.91 Å². The van der Waals surface area contributed by atoms with Gasteiger partial charge in [-0.15, -0.1) is 12.4 Å². The van der Waals surface area contributed by atoms with Gasteiger partial charge in [-0.05, 0) is 37.1 Å². The summed E-state index contributed by atoms with van der Waals surface area (Å²) in [7, 11) is -3.64. The fourth-order valence-corrected chi connectivity index (χ4v) is 3.63. The first-order chi connectivity index (χ1) is 10.6. The molecule has 0 radical (unpaired) electrons. The first-order valence-corrected chi connectivity index (χ1v) is 9.33. The van der Waals surface area contributed by atoms with E-state index in [9.17, 15) is 17.6 Å². The molecule has 0 fully saturated rings. The Morgan fingerprint density at radius 3 is 2.21 bits per heavy atom. The van der Waals surface area contributed by atoms with E-state index in [-0.39, 0.29) is 29.0 Å². The molecule has 138 valence electrons. The molecule has 1 atom stereocenters. The average molecular weight is 381 g/mol. The van der Waals surface area contributed by atoms with E-state index in [1.807, 2.05) is 13.8 Å². The maximum absolute atomic E-state index is 12.9. The molecule has 0 spiro atoms. The van der Waals surface area contributed by atoms with Gasteiger partial charge in [-0.1, -0.05) is 20.8 Å². The number of nitrogens with one attached hydrogen (secondary N) is 1. The number of carbonyl (C=O) groups is 1. The van der Waals surface area contributed by atoms with Crippen molar-refractivity contribution < 1.29 is 17.6 Å². The van der Waals surface area contributed by atoms with Crippen molar-refractivity contribution in [2.24, 2.45) is 11.7 Å². The Morgan fingerprint density at radius 1 is 1.25 bits per heavy atom. The lowest BCUT2D eigenvalue weighted by Gasteiger charge is -2.27. The first kappa shape index (κ1) is 22.8. The largest absolute Gasteiger partial charge is 0.354 e. The predicted octanol–water partition coefficient (Wildman–Crippen LogP) is 2.29. The molecule has 3 N–H and O–H groups in total. The van der Waals surface area contributed by atoms with Crippen LogP contribution in [-0.2, 0) is 14.6 Å². The SMILES string of the molecule is CCC(N)(CC)CNC(=O)C(C)CS(=O)(=O)c1ccc(F)cc1.Cl. The fraction of sp³-hybridized carbons (Fsp3) is 0.562. The molecule has 1 aromatic rings. The molecule has 0 saturated heterocycles. The number of benzene rings is 1. The molecule has 1 rings (SSSR count). The molecule has 0 bridgehead atoms. The van der Waals surface area contributed by atoms with Crippen molar-refractivity contribution in [1.29, 1.82) is 0 Å². The number of halogens is 2. The summed E-state index contributed by atoms with van der Waals surface area (Å²) >= 11 is 0. The normalized spacial score (nSPS) is 13.0. The summed E-state index contributed by atoms with van der Waals surface area (Å²) in [4.78, 5) is 12.1. The van der Waals surface area contributed by atoms with E-state index in [4.69, 9.17) is 5.73 Å². The van der Waals surface area contributed by atoms with Crippen LogP contribution in [0.1, 0.15) is 33.6 Å². The Hall–Kier alpha value is -1.18. The lowest BCUT2D eigenvalue weighted by Crippen LogP contribution is -2.50. The highest BCUT2D eigenvalue weighted by Gasteiger charge is 2.26. The van der Waals surface area contributed by atoms with E-state index in [0.717, 1.165) is 12.1 Å². The van der Waals surface area contributed by atoms with Crippen LogP contribution in [0.3, 0.4) is 0 Å². The summed E-state index contributed by atoms with van der Waals surface area (Å²) in [6, 6.07) is 4.58. The third kappa shape index (κ3) is 6.37. The van der Waals surface area contributed by atoms with Gasteiger partial charge in [0.25, 0.3) is 0 Å². The van der Waals surface area contributed by atoms with Gasteiger partial charge >= 0.3 is 0 Å². The smallest absolute Gasteiger partial charge is 0.223 e. The number of amides is 1. The summed E-state index contributed by atoms with van der Waals surface area (Å²) in [6.07, 6.45) is 1.43. The number of rotatable bonds is 8. The van der Waals surface area contributed by atoms with Crippen molar-refractivity contribution in [3.8, 4) is 0 Å². The van der Waals surface area contributed by atoms with Gasteiger partial charge in [-0.2, -0.15) is 0 Å². The molecule has 0 aromatic heterocycles. The monoisotopic (exact) mass is 380 g/mol. The zero-order valence-corrected chi connectivity index (χ0v) is 15.8. The molecule has 1 unspecified atom stereocenters. The second-order valence-electron chi connectivity index (χ2n) is 5.92. The van der Waals surface area contributed by atoms with Crippen LogP contribution in [0, 0.1) is 11.7 Å². The van der Waals surface area contributed by atoms with E-state index < -0.39 is 27.1 Å². The van der Waals surface area contributed by atoms with Crippen LogP contribution in [0.25, 0.3) is 0 Å². The molecule has 1 amide bonds. The molecule has 8 heteroatoms. The summed E-state index contributed by atoms with van der Waals surface area (Å²) in [6.45, 7) is 5.74. The quantitative estimate of drug-likeness (QED) is 0.677. The highest BCUT2D eigenvalue weighted by molar-refractivity contribution is 7.91. The third-order valence-electron chi connectivity index (χ3n) is 4.11. The highest BCUT2D eigenvalue weighted by Crippen LogP contribution is 2.15. The van der Waals surface area contributed by atoms with Crippen molar-refractivity contribution >= 4 is 28.2 Å². The van der Waals surface area contributed by atoms with Gasteiger partial charge in [0.1, 0.15) is 5.82 Å². The molecule has 24 heavy (non-hydrogen) atoms. The molecule has 5 nitrogen and oxygen atoms in total. The minimum absolute atomic E-state index is 0. The van der Waals surface area contributed by atoms with Crippen molar-refractivity contribution in [3.63, 3.8) is 0 Å². The Morgan fingerprint density at radius 2 is 1.75 bits per heavy atom. The van der Waals surface area contributed by atoms with E-state index in [2.05, 4.69) is 5.32 Å². The minimum Gasteiger partial charge on any atom is -0.354 e. The van der Waals surface area contributed by atoms with E-state index in [1.165, 1.54) is 12.1 Å². The first-order valence-electron chi connectivity index (χ1n) is 7.68. The molecule has 0 aliphatic rings. The topological polar surface area (TPSA) is 89.3 Å². The number of hydrogen-bond donors (Lipinski definition) is 2. The van der Waals surface area contributed by atoms with E-state index in [1.54, 1.807) is 6.92 Å². The third-order valence-corrected chi connectivity index (χ3v) is 6.04. The molecule has 1 aromatic carbocycles. The van der Waals surface area contributed by atoms with Gasteiger partial charge in [-0.25, -0.2) is 12.8 Å². The van der Waals surface area contributed by atoms with Crippen LogP contribution < -0.4 is 11.1 Å². The van der Waals surface area contributed by atoms with E-state index >= 15 is 0 Å². The number of sulfone groups is 1. The van der Waals surface area contributed by atoms with Crippen LogP contribution in [-0.4, -0.2) is 32.2 Å². The van der Waals surface area contributed by atoms with Crippen molar-refractivity contribution in [2.75, 3.05) is 12.3 Å². The predicted molar refractivity (Wildman–Crippen MR) is 95.4 cm³/mol. The molecule has 0 heterocycles. The van der Waals surface area contributed by atoms with Gasteiger partial charge in [0, 0.05) is 18.0 Å². The standard InChI is InChI=1S/C16H25FN2O3S.ClH/c1-4-16(18,5-2)11-19-15(20)12(3)10-23(21,22)14-8-6-13(17)7-9-14;/h6-9,12H,4-5,10-11,18H2,1-3H3,(H,19,20);1H. The molecular formula is C16H26ClFN2O3S. The number of carbonyl (C=O) groups excluding carboxylic acids is 1. The van der Waals surface area contributed by atoms with Crippen LogP contribution >= 0.6 is 12.4 Å². The lowest BCUT2D eigenvalue weighted by molar-refractivity contribution is -0.124.